The molecule has 0 spiro atoms. The Morgan fingerprint density at radius 2 is 2.27 bits per heavy atom. The van der Waals surface area contributed by atoms with Crippen LogP contribution in [-0.4, -0.2) is 37.1 Å². The Bertz CT molecular complexity index is 179. The van der Waals surface area contributed by atoms with Crippen molar-refractivity contribution in [1.82, 2.24) is 10.2 Å². The molecule has 1 rings (SSSR count). The lowest BCUT2D eigenvalue weighted by molar-refractivity contribution is 0.147. The zero-order chi connectivity index (χ0) is 11.1. The van der Waals surface area contributed by atoms with Crippen LogP contribution < -0.4 is 5.32 Å². The summed E-state index contributed by atoms with van der Waals surface area (Å²) in [5, 5.41) is 3.68. The lowest BCUT2D eigenvalue weighted by atomic mass is 9.90. The molecule has 2 atom stereocenters. The lowest BCUT2D eigenvalue weighted by Gasteiger charge is -2.38. The third kappa shape index (κ3) is 3.96. The van der Waals surface area contributed by atoms with Crippen LogP contribution >= 0.6 is 0 Å². The number of nitrogens with zero attached hydrogens (tertiary/aromatic N) is 1. The Balaban J connectivity index is 2.37. The summed E-state index contributed by atoms with van der Waals surface area (Å²) in [6.07, 6.45) is 5.84. The third-order valence-corrected chi connectivity index (χ3v) is 3.39. The van der Waals surface area contributed by atoms with Crippen molar-refractivity contribution in [3.63, 3.8) is 0 Å². The molecule has 1 heterocycles. The summed E-state index contributed by atoms with van der Waals surface area (Å²) in [5.41, 5.74) is 0. The molecule has 0 aliphatic carbocycles. The maximum absolute atomic E-state index is 3.82. The fraction of sp³-hybridized carbons (Fsp3) is 0.846. The number of hydrogen-bond donors (Lipinski definition) is 1. The molecule has 1 aliphatic rings. The molecule has 0 aromatic heterocycles. The predicted molar refractivity (Wildman–Crippen MR) is 67.1 cm³/mol. The largest absolute Gasteiger partial charge is 0.314 e. The normalized spacial score (nSPS) is 27.9. The van der Waals surface area contributed by atoms with Gasteiger partial charge < -0.3 is 5.32 Å². The Labute approximate surface area is 94.7 Å². The zero-order valence-corrected chi connectivity index (χ0v) is 10.3. The van der Waals surface area contributed by atoms with Crippen molar-refractivity contribution in [2.24, 2.45) is 5.92 Å². The first-order chi connectivity index (χ1) is 7.31. The van der Waals surface area contributed by atoms with E-state index < -0.39 is 0 Å². The summed E-state index contributed by atoms with van der Waals surface area (Å²) < 4.78 is 0. The standard InChI is InChI=1S/C13H26N2/c1-4-8-14-13-7-10-15(9-5-2)11-12(13)6-3/h5,12-14H,2,4,6-11H2,1,3H3. The van der Waals surface area contributed by atoms with Gasteiger partial charge in [-0.3, -0.25) is 4.90 Å². The van der Waals surface area contributed by atoms with E-state index in [-0.39, 0.29) is 0 Å². The summed E-state index contributed by atoms with van der Waals surface area (Å²) in [5.74, 6) is 0.824. The SMILES string of the molecule is C=CCN1CCC(NCCC)C(CC)C1. The molecule has 2 nitrogen and oxygen atoms in total. The topological polar surface area (TPSA) is 15.3 Å². The Hall–Kier alpha value is -0.340. The van der Waals surface area contributed by atoms with Crippen LogP contribution in [0.3, 0.4) is 0 Å². The van der Waals surface area contributed by atoms with Gasteiger partial charge in [0.2, 0.25) is 0 Å². The van der Waals surface area contributed by atoms with Crippen LogP contribution in [0.2, 0.25) is 0 Å². The van der Waals surface area contributed by atoms with Gasteiger partial charge in [-0.25, -0.2) is 0 Å². The number of rotatable bonds is 6. The minimum atomic E-state index is 0.746. The second kappa shape index (κ2) is 7.02. The van der Waals surface area contributed by atoms with Crippen molar-refractivity contribution in [1.29, 1.82) is 0 Å². The molecule has 0 amide bonds. The fourth-order valence-electron chi connectivity index (χ4n) is 2.47. The maximum Gasteiger partial charge on any atom is 0.0160 e. The molecule has 1 fully saturated rings. The van der Waals surface area contributed by atoms with E-state index in [2.05, 4.69) is 30.6 Å². The van der Waals surface area contributed by atoms with Gasteiger partial charge in [0, 0.05) is 19.1 Å². The molecular formula is C13H26N2. The molecule has 1 saturated heterocycles. The summed E-state index contributed by atoms with van der Waals surface area (Å²) >= 11 is 0. The van der Waals surface area contributed by atoms with Crippen LogP contribution in [0.5, 0.6) is 0 Å². The van der Waals surface area contributed by atoms with Crippen LogP contribution in [-0.2, 0) is 0 Å². The molecule has 0 aromatic carbocycles. The van der Waals surface area contributed by atoms with Crippen molar-refractivity contribution in [2.45, 2.75) is 39.2 Å². The van der Waals surface area contributed by atoms with Crippen LogP contribution in [0, 0.1) is 5.92 Å². The average molecular weight is 210 g/mol. The van der Waals surface area contributed by atoms with Crippen LogP contribution in [0.4, 0.5) is 0 Å². The van der Waals surface area contributed by atoms with Crippen LogP contribution in [0.25, 0.3) is 0 Å². The number of nitrogens with one attached hydrogen (secondary N) is 1. The first-order valence-electron chi connectivity index (χ1n) is 6.38. The van der Waals surface area contributed by atoms with Gasteiger partial charge >= 0.3 is 0 Å². The predicted octanol–water partition coefficient (Wildman–Crippen LogP) is 2.27. The van der Waals surface area contributed by atoms with Gasteiger partial charge in [-0.1, -0.05) is 26.3 Å². The van der Waals surface area contributed by atoms with Gasteiger partial charge in [0.15, 0.2) is 0 Å². The lowest BCUT2D eigenvalue weighted by Crippen LogP contribution is -2.49. The molecule has 2 unspecified atom stereocenters. The minimum Gasteiger partial charge on any atom is -0.314 e. The third-order valence-electron chi connectivity index (χ3n) is 3.39. The molecule has 0 bridgehead atoms. The van der Waals surface area contributed by atoms with Gasteiger partial charge in [0.1, 0.15) is 0 Å². The van der Waals surface area contributed by atoms with E-state index in [4.69, 9.17) is 0 Å². The van der Waals surface area contributed by atoms with Crippen molar-refractivity contribution in [3.05, 3.63) is 12.7 Å². The first-order valence-corrected chi connectivity index (χ1v) is 6.38. The first kappa shape index (κ1) is 12.7. The highest BCUT2D eigenvalue weighted by Gasteiger charge is 2.26. The maximum atomic E-state index is 3.82. The van der Waals surface area contributed by atoms with E-state index in [0.717, 1.165) is 18.5 Å². The average Bonchev–Trinajstić information content (AvgIpc) is 2.27. The van der Waals surface area contributed by atoms with Gasteiger partial charge in [-0.05, 0) is 31.8 Å². The van der Waals surface area contributed by atoms with Crippen molar-refractivity contribution in [3.8, 4) is 0 Å². The van der Waals surface area contributed by atoms with Gasteiger partial charge in [-0.15, -0.1) is 6.58 Å². The van der Waals surface area contributed by atoms with Crippen LogP contribution in [0.15, 0.2) is 12.7 Å². The molecular weight excluding hydrogens is 184 g/mol. The quantitative estimate of drug-likeness (QED) is 0.677. The summed E-state index contributed by atoms with van der Waals surface area (Å²) in [6, 6.07) is 0.746. The van der Waals surface area contributed by atoms with Crippen LogP contribution in [0.1, 0.15) is 33.1 Å². The van der Waals surface area contributed by atoms with E-state index in [9.17, 15) is 0 Å². The zero-order valence-electron chi connectivity index (χ0n) is 10.3. The second-order valence-corrected chi connectivity index (χ2v) is 4.57. The smallest absolute Gasteiger partial charge is 0.0160 e. The second-order valence-electron chi connectivity index (χ2n) is 4.57. The summed E-state index contributed by atoms with van der Waals surface area (Å²) in [7, 11) is 0. The van der Waals surface area contributed by atoms with E-state index >= 15 is 0 Å². The highest BCUT2D eigenvalue weighted by atomic mass is 15.1. The monoisotopic (exact) mass is 210 g/mol. The van der Waals surface area contributed by atoms with E-state index in [1.54, 1.807) is 0 Å². The minimum absolute atomic E-state index is 0.746. The fourth-order valence-corrected chi connectivity index (χ4v) is 2.47. The molecule has 1 N–H and O–H groups in total. The molecule has 1 aliphatic heterocycles. The van der Waals surface area contributed by atoms with Gasteiger partial charge in [0.05, 0.1) is 0 Å². The summed E-state index contributed by atoms with van der Waals surface area (Å²) in [6.45, 7) is 13.1. The molecule has 0 radical (unpaired) electrons. The van der Waals surface area contributed by atoms with Gasteiger partial charge in [0.25, 0.3) is 0 Å². The number of piperidine rings is 1. The summed E-state index contributed by atoms with van der Waals surface area (Å²) in [4.78, 5) is 2.52. The number of likely N-dealkylation sites (tertiary alicyclic amines) is 1. The van der Waals surface area contributed by atoms with Crippen molar-refractivity contribution >= 4 is 0 Å². The molecule has 15 heavy (non-hydrogen) atoms. The highest BCUT2D eigenvalue weighted by molar-refractivity contribution is 4.86. The molecule has 2 heteroatoms. The molecule has 0 aromatic rings. The Morgan fingerprint density at radius 1 is 1.47 bits per heavy atom. The number of hydrogen-bond acceptors (Lipinski definition) is 2. The van der Waals surface area contributed by atoms with Gasteiger partial charge in [-0.2, -0.15) is 0 Å². The Morgan fingerprint density at radius 3 is 2.87 bits per heavy atom. The van der Waals surface area contributed by atoms with Crippen molar-refractivity contribution < 1.29 is 0 Å². The molecule has 88 valence electrons. The van der Waals surface area contributed by atoms with Crippen molar-refractivity contribution in [2.75, 3.05) is 26.2 Å². The Kier molecular flexibility index (Phi) is 5.96. The van der Waals surface area contributed by atoms with E-state index in [0.29, 0.717) is 0 Å². The molecule has 0 saturated carbocycles. The van der Waals surface area contributed by atoms with E-state index in [1.165, 1.54) is 38.9 Å². The van der Waals surface area contributed by atoms with E-state index in [1.807, 2.05) is 6.08 Å². The highest BCUT2D eigenvalue weighted by Crippen LogP contribution is 2.20.